The van der Waals surface area contributed by atoms with Gasteiger partial charge in [0.25, 0.3) is 0 Å². The fraction of sp³-hybridized carbons (Fsp3) is 0.467. The largest absolute Gasteiger partial charge is 0.0814 e. The second kappa shape index (κ2) is 5.75. The Labute approximate surface area is 94.0 Å². The third-order valence-electron chi connectivity index (χ3n) is 2.79. The van der Waals surface area contributed by atoms with Gasteiger partial charge in [0.1, 0.15) is 0 Å². The Hall–Kier alpha value is -1.04. The van der Waals surface area contributed by atoms with Crippen LogP contribution in [0.15, 0.2) is 30.3 Å². The monoisotopic (exact) mass is 202 g/mol. The lowest BCUT2D eigenvalue weighted by Crippen LogP contribution is -1.90. The molecule has 0 saturated heterocycles. The molecule has 0 saturated carbocycles. The Kier molecular flexibility index (Phi) is 4.61. The molecular weight excluding hydrogens is 180 g/mol. The van der Waals surface area contributed by atoms with E-state index < -0.39 is 0 Å². The maximum atomic E-state index is 2.28. The molecule has 0 fully saturated rings. The lowest BCUT2D eigenvalue weighted by molar-refractivity contribution is 0.733. The highest BCUT2D eigenvalue weighted by Crippen LogP contribution is 2.19. The third kappa shape index (κ3) is 3.91. The summed E-state index contributed by atoms with van der Waals surface area (Å²) in [5.74, 6) is 1.30. The summed E-state index contributed by atoms with van der Waals surface area (Å²) in [6.07, 6.45) is 5.64. The van der Waals surface area contributed by atoms with E-state index in [0.717, 1.165) is 0 Å². The number of benzene rings is 1. The first-order chi connectivity index (χ1) is 7.13. The minimum absolute atomic E-state index is 0.624. The fourth-order valence-corrected chi connectivity index (χ4v) is 1.47. The van der Waals surface area contributed by atoms with Crippen molar-refractivity contribution in [2.75, 3.05) is 0 Å². The minimum atomic E-state index is 0.624. The summed E-state index contributed by atoms with van der Waals surface area (Å²) in [6, 6.07) is 8.91. The fourth-order valence-electron chi connectivity index (χ4n) is 1.47. The van der Waals surface area contributed by atoms with Crippen molar-refractivity contribution in [1.29, 1.82) is 0 Å². The van der Waals surface area contributed by atoms with Crippen molar-refractivity contribution in [3.05, 3.63) is 41.5 Å². The molecule has 0 nitrogen and oxygen atoms in total. The molecule has 1 unspecified atom stereocenters. The first-order valence-corrected chi connectivity index (χ1v) is 5.91. The second-order valence-electron chi connectivity index (χ2n) is 4.58. The van der Waals surface area contributed by atoms with Crippen LogP contribution in [0.2, 0.25) is 0 Å². The molecule has 1 atom stereocenters. The Morgan fingerprint density at radius 1 is 1.07 bits per heavy atom. The van der Waals surface area contributed by atoms with E-state index in [1.165, 1.54) is 17.5 Å². The highest BCUT2D eigenvalue weighted by molar-refractivity contribution is 5.50. The van der Waals surface area contributed by atoms with Crippen LogP contribution >= 0.6 is 0 Å². The van der Waals surface area contributed by atoms with Gasteiger partial charge in [-0.05, 0) is 29.4 Å². The smallest absolute Gasteiger partial charge is 0.0193 e. The molecule has 1 aromatic rings. The molecule has 0 heteroatoms. The van der Waals surface area contributed by atoms with Crippen molar-refractivity contribution < 1.29 is 0 Å². The van der Waals surface area contributed by atoms with Crippen LogP contribution < -0.4 is 0 Å². The zero-order chi connectivity index (χ0) is 11.3. The zero-order valence-electron chi connectivity index (χ0n) is 10.3. The maximum Gasteiger partial charge on any atom is -0.0193 e. The van der Waals surface area contributed by atoms with Gasteiger partial charge in [-0.2, -0.15) is 0 Å². The highest BCUT2D eigenvalue weighted by Gasteiger charge is 2.01. The van der Waals surface area contributed by atoms with Crippen LogP contribution in [0.5, 0.6) is 0 Å². The van der Waals surface area contributed by atoms with Crippen molar-refractivity contribution in [2.24, 2.45) is 5.92 Å². The van der Waals surface area contributed by atoms with Crippen molar-refractivity contribution in [2.45, 2.75) is 40.0 Å². The molecule has 0 aliphatic rings. The van der Waals surface area contributed by atoms with E-state index in [1.54, 1.807) is 0 Å². The van der Waals surface area contributed by atoms with Crippen LogP contribution in [0.1, 0.15) is 51.2 Å². The topological polar surface area (TPSA) is 0 Å². The van der Waals surface area contributed by atoms with E-state index in [1.807, 2.05) is 0 Å². The molecule has 0 radical (unpaired) electrons. The Balaban J connectivity index is 2.72. The van der Waals surface area contributed by atoms with Crippen LogP contribution in [0.4, 0.5) is 0 Å². The molecule has 1 aromatic carbocycles. The molecule has 15 heavy (non-hydrogen) atoms. The van der Waals surface area contributed by atoms with E-state index in [-0.39, 0.29) is 0 Å². The summed E-state index contributed by atoms with van der Waals surface area (Å²) in [5.41, 5.74) is 2.75. The molecule has 0 aliphatic heterocycles. The quantitative estimate of drug-likeness (QED) is 0.653. The van der Waals surface area contributed by atoms with Gasteiger partial charge in [0.2, 0.25) is 0 Å². The van der Waals surface area contributed by atoms with Gasteiger partial charge < -0.3 is 0 Å². The summed E-state index contributed by atoms with van der Waals surface area (Å²) < 4.78 is 0. The van der Waals surface area contributed by atoms with Crippen molar-refractivity contribution >= 4 is 6.08 Å². The van der Waals surface area contributed by atoms with Crippen LogP contribution in [-0.2, 0) is 0 Å². The SMILES string of the molecule is CCC(C)c1ccc(/C=C/C(C)C)cc1. The summed E-state index contributed by atoms with van der Waals surface area (Å²) in [7, 11) is 0. The standard InChI is InChI=1S/C15H22/c1-5-13(4)15-10-8-14(9-11-15)7-6-12(2)3/h6-13H,5H2,1-4H3/b7-6+. The molecule has 0 amide bonds. The van der Waals surface area contributed by atoms with Crippen molar-refractivity contribution in [3.8, 4) is 0 Å². The zero-order valence-corrected chi connectivity index (χ0v) is 10.3. The van der Waals surface area contributed by atoms with Gasteiger partial charge in [-0.25, -0.2) is 0 Å². The van der Waals surface area contributed by atoms with E-state index in [4.69, 9.17) is 0 Å². The van der Waals surface area contributed by atoms with Gasteiger partial charge in [-0.1, -0.05) is 64.1 Å². The molecular formula is C15H22. The molecule has 82 valence electrons. The summed E-state index contributed by atoms with van der Waals surface area (Å²) in [6.45, 7) is 8.91. The predicted molar refractivity (Wildman–Crippen MR) is 69.0 cm³/mol. The van der Waals surface area contributed by atoms with Crippen LogP contribution in [0.25, 0.3) is 6.08 Å². The van der Waals surface area contributed by atoms with Gasteiger partial charge in [0, 0.05) is 0 Å². The van der Waals surface area contributed by atoms with Crippen molar-refractivity contribution in [1.82, 2.24) is 0 Å². The number of hydrogen-bond donors (Lipinski definition) is 0. The molecule has 0 N–H and O–H groups in total. The normalized spacial score (nSPS) is 13.7. The number of rotatable bonds is 4. The first kappa shape index (κ1) is 12.0. The summed E-state index contributed by atoms with van der Waals surface area (Å²) in [4.78, 5) is 0. The minimum Gasteiger partial charge on any atom is -0.0814 e. The van der Waals surface area contributed by atoms with Gasteiger partial charge in [-0.15, -0.1) is 0 Å². The van der Waals surface area contributed by atoms with E-state index in [0.29, 0.717) is 11.8 Å². The van der Waals surface area contributed by atoms with E-state index in [9.17, 15) is 0 Å². The van der Waals surface area contributed by atoms with Crippen LogP contribution in [-0.4, -0.2) is 0 Å². The molecule has 0 heterocycles. The second-order valence-corrected chi connectivity index (χ2v) is 4.58. The summed E-state index contributed by atoms with van der Waals surface area (Å²) in [5, 5.41) is 0. The predicted octanol–water partition coefficient (Wildman–Crippen LogP) is 4.87. The maximum absolute atomic E-state index is 2.28. The van der Waals surface area contributed by atoms with Crippen LogP contribution in [0.3, 0.4) is 0 Å². The molecule has 0 bridgehead atoms. The lowest BCUT2D eigenvalue weighted by Gasteiger charge is -2.08. The molecule has 0 aliphatic carbocycles. The average Bonchev–Trinajstić information content (AvgIpc) is 2.26. The Morgan fingerprint density at radius 3 is 2.13 bits per heavy atom. The Bertz CT molecular complexity index is 303. The average molecular weight is 202 g/mol. The lowest BCUT2D eigenvalue weighted by atomic mass is 9.97. The summed E-state index contributed by atoms with van der Waals surface area (Å²) >= 11 is 0. The molecule has 0 spiro atoms. The van der Waals surface area contributed by atoms with Crippen LogP contribution in [0, 0.1) is 5.92 Å². The van der Waals surface area contributed by atoms with Gasteiger partial charge in [0.15, 0.2) is 0 Å². The van der Waals surface area contributed by atoms with E-state index >= 15 is 0 Å². The van der Waals surface area contributed by atoms with Gasteiger partial charge >= 0.3 is 0 Å². The molecule has 0 aromatic heterocycles. The Morgan fingerprint density at radius 2 is 1.67 bits per heavy atom. The highest BCUT2D eigenvalue weighted by atomic mass is 14.1. The van der Waals surface area contributed by atoms with Crippen molar-refractivity contribution in [3.63, 3.8) is 0 Å². The molecule has 1 rings (SSSR count). The number of allylic oxidation sites excluding steroid dienone is 1. The van der Waals surface area contributed by atoms with Gasteiger partial charge in [-0.3, -0.25) is 0 Å². The first-order valence-electron chi connectivity index (χ1n) is 5.91. The van der Waals surface area contributed by atoms with E-state index in [2.05, 4.69) is 64.1 Å². The van der Waals surface area contributed by atoms with Gasteiger partial charge in [0.05, 0.1) is 0 Å². The third-order valence-corrected chi connectivity index (χ3v) is 2.79. The number of hydrogen-bond acceptors (Lipinski definition) is 0.